The van der Waals surface area contributed by atoms with E-state index >= 15 is 0 Å². The first-order chi connectivity index (χ1) is 13.5. The van der Waals surface area contributed by atoms with Crippen LogP contribution in [0.2, 0.25) is 0 Å². The summed E-state index contributed by atoms with van der Waals surface area (Å²) >= 11 is 0. The SMILES string of the molecule is Cc1ccc2c(c1N)CCCC2.O=c1[nH]c2ccc3c(c2[nH]c1=O)CNCC3. The minimum absolute atomic E-state index is 0.591. The normalized spacial score (nSPS) is 15.3. The van der Waals surface area contributed by atoms with Crippen LogP contribution in [-0.4, -0.2) is 16.5 Å². The van der Waals surface area contributed by atoms with Crippen molar-refractivity contribution >= 4 is 16.7 Å². The Morgan fingerprint density at radius 1 is 0.857 bits per heavy atom. The van der Waals surface area contributed by atoms with Crippen molar-refractivity contribution in [1.82, 2.24) is 15.3 Å². The lowest BCUT2D eigenvalue weighted by molar-refractivity contribution is 0.646. The second-order valence-corrected chi connectivity index (χ2v) is 7.60. The lowest BCUT2D eigenvalue weighted by atomic mass is 9.89. The average molecular weight is 378 g/mol. The highest BCUT2D eigenvalue weighted by Crippen LogP contribution is 2.28. The van der Waals surface area contributed by atoms with E-state index in [1.165, 1.54) is 47.9 Å². The highest BCUT2D eigenvalue weighted by Gasteiger charge is 2.13. The molecule has 5 N–H and O–H groups in total. The Morgan fingerprint density at radius 3 is 2.43 bits per heavy atom. The zero-order valence-electron chi connectivity index (χ0n) is 16.2. The summed E-state index contributed by atoms with van der Waals surface area (Å²) in [6.45, 7) is 3.77. The Morgan fingerprint density at radius 2 is 1.57 bits per heavy atom. The van der Waals surface area contributed by atoms with Gasteiger partial charge in [0.2, 0.25) is 0 Å². The van der Waals surface area contributed by atoms with Crippen LogP contribution < -0.4 is 22.2 Å². The third kappa shape index (κ3) is 3.47. The molecule has 0 fully saturated rings. The molecule has 0 atom stereocenters. The number of H-pyrrole nitrogens is 2. The number of hydrogen-bond donors (Lipinski definition) is 4. The van der Waals surface area contributed by atoms with Crippen LogP contribution in [0.5, 0.6) is 0 Å². The van der Waals surface area contributed by atoms with Gasteiger partial charge in [-0.25, -0.2) is 0 Å². The first kappa shape index (κ1) is 18.5. The molecular formula is C22H26N4O2. The van der Waals surface area contributed by atoms with Gasteiger partial charge in [0.25, 0.3) is 0 Å². The Labute approximate surface area is 163 Å². The standard InChI is InChI=1S/C11H11N3O2.C11H15N/c15-10-11(16)14-9-7-5-12-4-3-6(7)1-2-8(9)13-10;1-8-6-7-9-4-2-3-5-10(9)11(8)12/h1-2,12H,3-5H2,(H,13,15)(H,14,16);6-7H,2-5,12H2,1H3. The molecule has 1 aliphatic carbocycles. The molecule has 0 unspecified atom stereocenters. The minimum Gasteiger partial charge on any atom is -0.398 e. The molecule has 1 aliphatic heterocycles. The fraction of sp³-hybridized carbons (Fsp3) is 0.364. The van der Waals surface area contributed by atoms with Gasteiger partial charge in [0, 0.05) is 12.2 Å². The predicted molar refractivity (Wildman–Crippen MR) is 113 cm³/mol. The molecule has 0 amide bonds. The van der Waals surface area contributed by atoms with Gasteiger partial charge in [-0.2, -0.15) is 0 Å². The van der Waals surface area contributed by atoms with Crippen molar-refractivity contribution < 1.29 is 0 Å². The first-order valence-corrected chi connectivity index (χ1v) is 9.89. The summed E-state index contributed by atoms with van der Waals surface area (Å²) in [6, 6.07) is 8.23. The number of aryl methyl sites for hydroxylation is 2. The van der Waals surface area contributed by atoms with Gasteiger partial charge in [0.1, 0.15) is 0 Å². The van der Waals surface area contributed by atoms with Crippen LogP contribution in [0, 0.1) is 6.92 Å². The Bertz CT molecular complexity index is 1140. The summed E-state index contributed by atoms with van der Waals surface area (Å²) in [6.07, 6.45) is 5.99. The maximum Gasteiger partial charge on any atom is 0.314 e. The van der Waals surface area contributed by atoms with E-state index in [0.29, 0.717) is 5.52 Å². The second kappa shape index (κ2) is 7.64. The number of hydrogen-bond acceptors (Lipinski definition) is 4. The van der Waals surface area contributed by atoms with Crippen LogP contribution in [0.15, 0.2) is 33.9 Å². The minimum atomic E-state index is -0.601. The van der Waals surface area contributed by atoms with E-state index in [-0.39, 0.29) is 0 Å². The number of fused-ring (bicyclic) bond motifs is 4. The summed E-state index contributed by atoms with van der Waals surface area (Å²) in [5.41, 5.74) is 13.7. The molecule has 5 rings (SSSR count). The van der Waals surface area contributed by atoms with Crippen molar-refractivity contribution in [2.75, 3.05) is 12.3 Å². The van der Waals surface area contributed by atoms with Crippen molar-refractivity contribution in [2.24, 2.45) is 0 Å². The summed E-state index contributed by atoms with van der Waals surface area (Å²) in [7, 11) is 0. The van der Waals surface area contributed by atoms with E-state index < -0.39 is 11.1 Å². The number of aromatic nitrogens is 2. The van der Waals surface area contributed by atoms with Gasteiger partial charge in [-0.1, -0.05) is 18.2 Å². The molecule has 0 saturated carbocycles. The maximum atomic E-state index is 11.3. The number of benzene rings is 2. The molecule has 6 nitrogen and oxygen atoms in total. The number of anilines is 1. The maximum absolute atomic E-state index is 11.3. The van der Waals surface area contributed by atoms with E-state index in [1.54, 1.807) is 0 Å². The lowest BCUT2D eigenvalue weighted by Gasteiger charge is -2.18. The van der Waals surface area contributed by atoms with Crippen LogP contribution in [0.1, 0.15) is 40.7 Å². The average Bonchev–Trinajstić information content (AvgIpc) is 2.72. The van der Waals surface area contributed by atoms with Crippen molar-refractivity contribution in [2.45, 2.75) is 45.6 Å². The Hall–Kier alpha value is -2.86. The molecule has 2 aliphatic rings. The molecular weight excluding hydrogens is 352 g/mol. The van der Waals surface area contributed by atoms with Gasteiger partial charge >= 0.3 is 11.1 Å². The van der Waals surface area contributed by atoms with Gasteiger partial charge in [-0.05, 0) is 79.5 Å². The van der Waals surface area contributed by atoms with E-state index in [1.807, 2.05) is 12.1 Å². The van der Waals surface area contributed by atoms with Gasteiger partial charge < -0.3 is 21.0 Å². The molecule has 3 aromatic rings. The number of aromatic amines is 2. The number of nitrogen functional groups attached to an aromatic ring is 1. The Balaban J connectivity index is 0.000000143. The highest BCUT2D eigenvalue weighted by molar-refractivity contribution is 5.79. The monoisotopic (exact) mass is 378 g/mol. The lowest BCUT2D eigenvalue weighted by Crippen LogP contribution is -2.31. The van der Waals surface area contributed by atoms with Crippen molar-refractivity contribution in [3.63, 3.8) is 0 Å². The summed E-state index contributed by atoms with van der Waals surface area (Å²) in [5.74, 6) is 0. The molecule has 28 heavy (non-hydrogen) atoms. The van der Waals surface area contributed by atoms with Crippen LogP contribution in [0.4, 0.5) is 5.69 Å². The van der Waals surface area contributed by atoms with Crippen molar-refractivity contribution in [3.8, 4) is 0 Å². The predicted octanol–water partition coefficient (Wildman–Crippen LogP) is 2.32. The van der Waals surface area contributed by atoms with Crippen molar-refractivity contribution in [3.05, 3.63) is 72.8 Å². The zero-order chi connectivity index (χ0) is 19.7. The summed E-state index contributed by atoms with van der Waals surface area (Å²) in [5, 5.41) is 3.25. The third-order valence-corrected chi connectivity index (χ3v) is 5.77. The Kier molecular flexibility index (Phi) is 5.05. The van der Waals surface area contributed by atoms with Gasteiger partial charge in [0.15, 0.2) is 0 Å². The van der Waals surface area contributed by atoms with E-state index in [2.05, 4.69) is 34.3 Å². The highest BCUT2D eigenvalue weighted by atomic mass is 16.2. The largest absolute Gasteiger partial charge is 0.398 e. The number of nitrogens with one attached hydrogen (secondary N) is 3. The van der Waals surface area contributed by atoms with Gasteiger partial charge in [0.05, 0.1) is 11.0 Å². The topological polar surface area (TPSA) is 104 Å². The van der Waals surface area contributed by atoms with E-state index in [4.69, 9.17) is 5.73 Å². The fourth-order valence-corrected chi connectivity index (χ4v) is 4.13. The fourth-order valence-electron chi connectivity index (χ4n) is 4.13. The molecule has 0 bridgehead atoms. The van der Waals surface area contributed by atoms with Crippen LogP contribution in [0.3, 0.4) is 0 Å². The third-order valence-electron chi connectivity index (χ3n) is 5.77. The molecule has 0 saturated heterocycles. The molecule has 6 heteroatoms. The molecule has 0 radical (unpaired) electrons. The summed E-state index contributed by atoms with van der Waals surface area (Å²) in [4.78, 5) is 27.7. The van der Waals surface area contributed by atoms with Crippen LogP contribution >= 0.6 is 0 Å². The molecule has 0 spiro atoms. The quantitative estimate of drug-likeness (QED) is 0.356. The molecule has 2 aromatic carbocycles. The second-order valence-electron chi connectivity index (χ2n) is 7.60. The van der Waals surface area contributed by atoms with E-state index in [9.17, 15) is 9.59 Å². The zero-order valence-corrected chi connectivity index (χ0v) is 16.2. The molecule has 1 aromatic heterocycles. The smallest absolute Gasteiger partial charge is 0.314 e. The van der Waals surface area contributed by atoms with Gasteiger partial charge in [-0.15, -0.1) is 0 Å². The molecule has 146 valence electrons. The van der Waals surface area contributed by atoms with Crippen LogP contribution in [-0.2, 0) is 25.8 Å². The molecule has 2 heterocycles. The van der Waals surface area contributed by atoms with Crippen molar-refractivity contribution in [1.29, 1.82) is 0 Å². The van der Waals surface area contributed by atoms with Crippen LogP contribution in [0.25, 0.3) is 11.0 Å². The number of rotatable bonds is 0. The van der Waals surface area contributed by atoms with E-state index in [0.717, 1.165) is 36.3 Å². The van der Waals surface area contributed by atoms with Gasteiger partial charge in [-0.3, -0.25) is 9.59 Å². The first-order valence-electron chi connectivity index (χ1n) is 9.89. The summed E-state index contributed by atoms with van der Waals surface area (Å²) < 4.78 is 0. The number of nitrogens with two attached hydrogens (primary N) is 1.